The van der Waals surface area contributed by atoms with Gasteiger partial charge in [-0.05, 0) is 24.3 Å². The predicted octanol–water partition coefficient (Wildman–Crippen LogP) is 3.77. The van der Waals surface area contributed by atoms with E-state index in [2.05, 4.69) is 49.7 Å². The number of epoxide rings is 1. The minimum Gasteiger partial charge on any atom is -0.365 e. The van der Waals surface area contributed by atoms with Gasteiger partial charge in [-0.25, -0.2) is 0 Å². The molecule has 2 fully saturated rings. The Labute approximate surface area is 109 Å². The van der Waals surface area contributed by atoms with Crippen LogP contribution in [0, 0.1) is 0 Å². The van der Waals surface area contributed by atoms with Crippen molar-refractivity contribution in [2.75, 3.05) is 11.5 Å². The summed E-state index contributed by atoms with van der Waals surface area (Å²) in [5, 5.41) is 0. The number of thioether (sulfide) groups is 2. The molecule has 2 saturated heterocycles. The van der Waals surface area contributed by atoms with Crippen molar-refractivity contribution in [3.8, 4) is 0 Å². The van der Waals surface area contributed by atoms with E-state index in [4.69, 9.17) is 4.74 Å². The fraction of sp³-hybridized carbons (Fsp3) is 0.833. The summed E-state index contributed by atoms with van der Waals surface area (Å²) in [6.07, 6.45) is 5.37. The molecule has 1 nitrogen and oxygen atoms in total. The Kier molecular flexibility index (Phi) is 3.84. The molecule has 0 saturated carbocycles. The highest BCUT2D eigenvalue weighted by Gasteiger charge is 2.51. The second-order valence-corrected chi connectivity index (χ2v) is 14.8. The second kappa shape index (κ2) is 4.71. The van der Waals surface area contributed by atoms with Gasteiger partial charge >= 0.3 is 0 Å². The summed E-state index contributed by atoms with van der Waals surface area (Å²) in [6, 6.07) is 0. The third-order valence-corrected chi connectivity index (χ3v) is 13.4. The molecule has 2 aliphatic rings. The summed E-state index contributed by atoms with van der Waals surface area (Å²) in [5.74, 6) is 2.67. The zero-order chi connectivity index (χ0) is 11.8. The van der Waals surface area contributed by atoms with E-state index in [-0.39, 0.29) is 0 Å². The van der Waals surface area contributed by atoms with Gasteiger partial charge in [0.05, 0.1) is 17.9 Å². The van der Waals surface area contributed by atoms with Crippen LogP contribution in [-0.4, -0.2) is 35.5 Å². The lowest BCUT2D eigenvalue weighted by Crippen LogP contribution is -2.49. The van der Waals surface area contributed by atoms with Crippen molar-refractivity contribution in [1.29, 1.82) is 0 Å². The van der Waals surface area contributed by atoms with Crippen LogP contribution in [-0.2, 0) is 4.74 Å². The first-order valence-corrected chi connectivity index (χ1v) is 11.5. The number of rotatable bonds is 4. The molecule has 2 aliphatic heterocycles. The molecule has 0 unspecified atom stereocenters. The topological polar surface area (TPSA) is 12.5 Å². The Morgan fingerprint density at radius 3 is 2.44 bits per heavy atom. The molecule has 4 heteroatoms. The molecule has 0 radical (unpaired) electrons. The molecular weight excluding hydrogens is 252 g/mol. The minimum atomic E-state index is -1.16. The molecular formula is C12H22OS2Si. The monoisotopic (exact) mass is 274 g/mol. The zero-order valence-electron chi connectivity index (χ0n) is 10.5. The highest BCUT2D eigenvalue weighted by atomic mass is 32.2. The first-order valence-electron chi connectivity index (χ1n) is 6.04. The molecule has 16 heavy (non-hydrogen) atoms. The summed E-state index contributed by atoms with van der Waals surface area (Å²) in [7, 11) is -1.16. The Balaban J connectivity index is 2.05. The molecule has 0 N–H and O–H groups in total. The molecule has 0 aliphatic carbocycles. The largest absolute Gasteiger partial charge is 0.365 e. The lowest BCUT2D eigenvalue weighted by atomic mass is 10.2. The molecule has 2 atom stereocenters. The highest BCUT2D eigenvalue weighted by molar-refractivity contribution is 8.21. The molecule has 0 spiro atoms. The Hall–Kier alpha value is 0.617. The maximum Gasteiger partial charge on any atom is 0.102 e. The maximum absolute atomic E-state index is 5.67. The standard InChI is InChI=1S/C12H22OS2Si/c1-5-10-11(13-10)9-12(16(2,3)4)14-7-6-8-15-12/h5,10-11H,1,6-9H2,2-4H3/t10-,11-/m0/s1. The lowest BCUT2D eigenvalue weighted by Gasteiger charge is -2.45. The summed E-state index contributed by atoms with van der Waals surface area (Å²) in [5.41, 5.74) is 0. The summed E-state index contributed by atoms with van der Waals surface area (Å²) < 4.78 is 6.15. The van der Waals surface area contributed by atoms with Gasteiger partial charge in [0.2, 0.25) is 0 Å². The molecule has 0 aromatic carbocycles. The van der Waals surface area contributed by atoms with Crippen LogP contribution >= 0.6 is 23.5 Å². The lowest BCUT2D eigenvalue weighted by molar-refractivity contribution is 0.380. The third kappa shape index (κ3) is 2.55. The summed E-state index contributed by atoms with van der Waals surface area (Å²) >= 11 is 4.42. The van der Waals surface area contributed by atoms with Crippen LogP contribution in [0.4, 0.5) is 0 Å². The fourth-order valence-electron chi connectivity index (χ4n) is 2.22. The molecule has 0 aromatic heterocycles. The molecule has 0 amide bonds. The van der Waals surface area contributed by atoms with Crippen molar-refractivity contribution in [3.05, 3.63) is 12.7 Å². The van der Waals surface area contributed by atoms with Crippen LogP contribution < -0.4 is 0 Å². The Bertz CT molecular complexity index is 269. The van der Waals surface area contributed by atoms with E-state index in [0.717, 1.165) is 0 Å². The number of hydrogen-bond donors (Lipinski definition) is 0. The van der Waals surface area contributed by atoms with Crippen LogP contribution in [0.5, 0.6) is 0 Å². The van der Waals surface area contributed by atoms with E-state index in [9.17, 15) is 0 Å². The molecule has 2 rings (SSSR count). The number of hydrogen-bond acceptors (Lipinski definition) is 3. The van der Waals surface area contributed by atoms with E-state index < -0.39 is 8.07 Å². The van der Waals surface area contributed by atoms with E-state index >= 15 is 0 Å². The van der Waals surface area contributed by atoms with E-state index in [1.54, 1.807) is 0 Å². The quantitative estimate of drug-likeness (QED) is 0.440. The van der Waals surface area contributed by atoms with Crippen LogP contribution in [0.1, 0.15) is 12.8 Å². The van der Waals surface area contributed by atoms with E-state index in [1.165, 1.54) is 24.3 Å². The van der Waals surface area contributed by atoms with Gasteiger partial charge in [-0.1, -0.05) is 25.7 Å². The van der Waals surface area contributed by atoms with Crippen LogP contribution in [0.25, 0.3) is 0 Å². The van der Waals surface area contributed by atoms with Gasteiger partial charge in [0, 0.05) is 0 Å². The van der Waals surface area contributed by atoms with Crippen molar-refractivity contribution < 1.29 is 4.74 Å². The normalized spacial score (nSPS) is 33.4. The SMILES string of the molecule is C=C[C@@H]1O[C@H]1CC1([Si](C)(C)C)SCCCS1. The van der Waals surface area contributed by atoms with Crippen molar-refractivity contribution >= 4 is 31.6 Å². The second-order valence-electron chi connectivity index (χ2n) is 5.63. The predicted molar refractivity (Wildman–Crippen MR) is 79.1 cm³/mol. The Morgan fingerprint density at radius 2 is 2.00 bits per heavy atom. The number of ether oxygens (including phenoxy) is 1. The smallest absolute Gasteiger partial charge is 0.102 e. The van der Waals surface area contributed by atoms with Gasteiger partial charge in [0.1, 0.15) is 6.10 Å². The van der Waals surface area contributed by atoms with E-state index in [0.29, 0.717) is 15.9 Å². The maximum atomic E-state index is 5.67. The van der Waals surface area contributed by atoms with Crippen LogP contribution in [0.2, 0.25) is 19.6 Å². The summed E-state index contributed by atoms with van der Waals surface area (Å²) in [4.78, 5) is 0. The van der Waals surface area contributed by atoms with Crippen molar-refractivity contribution in [2.45, 2.75) is 48.4 Å². The van der Waals surface area contributed by atoms with Gasteiger partial charge in [-0.2, -0.15) is 0 Å². The first kappa shape index (κ1) is 13.1. The molecule has 2 heterocycles. The average Bonchev–Trinajstić information content (AvgIpc) is 2.96. The van der Waals surface area contributed by atoms with E-state index in [1.807, 2.05) is 6.08 Å². The first-order chi connectivity index (χ1) is 7.48. The van der Waals surface area contributed by atoms with Crippen molar-refractivity contribution in [2.24, 2.45) is 0 Å². The van der Waals surface area contributed by atoms with Crippen molar-refractivity contribution in [3.63, 3.8) is 0 Å². The Morgan fingerprint density at radius 1 is 1.38 bits per heavy atom. The average molecular weight is 275 g/mol. The summed E-state index contributed by atoms with van der Waals surface area (Å²) in [6.45, 7) is 11.3. The zero-order valence-corrected chi connectivity index (χ0v) is 13.1. The van der Waals surface area contributed by atoms with Gasteiger partial charge in [-0.3, -0.25) is 0 Å². The molecule has 0 bridgehead atoms. The van der Waals surface area contributed by atoms with Crippen LogP contribution in [0.3, 0.4) is 0 Å². The van der Waals surface area contributed by atoms with Crippen molar-refractivity contribution in [1.82, 2.24) is 0 Å². The fourth-order valence-corrected chi connectivity index (χ4v) is 9.93. The van der Waals surface area contributed by atoms with Crippen LogP contribution in [0.15, 0.2) is 12.7 Å². The highest BCUT2D eigenvalue weighted by Crippen LogP contribution is 2.53. The molecule has 0 aromatic rings. The van der Waals surface area contributed by atoms with Gasteiger partial charge in [-0.15, -0.1) is 30.1 Å². The van der Waals surface area contributed by atoms with Gasteiger partial charge < -0.3 is 4.74 Å². The molecule has 92 valence electrons. The van der Waals surface area contributed by atoms with Gasteiger partial charge in [0.15, 0.2) is 0 Å². The third-order valence-electron chi connectivity index (χ3n) is 3.43. The van der Waals surface area contributed by atoms with Gasteiger partial charge in [0.25, 0.3) is 0 Å². The minimum absolute atomic E-state index is 0.344.